The Labute approximate surface area is 212 Å². The number of methoxy groups -OCH3 is 1. The van der Waals surface area contributed by atoms with Crippen LogP contribution in [0.15, 0.2) is 65.6 Å². The Kier molecular flexibility index (Phi) is 6.60. The standard InChI is InChI=1S/C26H27N7O4/c1-31-10-12-32(13-11-31)19-7-8-21(22(15-19)37-2)29-25-27-16-17-6-9-23(34)33(24(17)30-25)20-5-3-4-18(14-20)28-26(35)36/h3-9,14-16,28H,10-13H2,1-2H3,(H,35,36)(H,27,29,30). The highest BCUT2D eigenvalue weighted by molar-refractivity contribution is 5.84. The Morgan fingerprint density at radius 1 is 1.03 bits per heavy atom. The second kappa shape index (κ2) is 10.2. The number of fused-ring (bicyclic) bond motifs is 1. The number of ether oxygens (including phenoxy) is 1. The zero-order valence-corrected chi connectivity index (χ0v) is 20.5. The number of piperazine rings is 1. The molecule has 11 heteroatoms. The molecular formula is C26H27N7O4. The SMILES string of the molecule is COc1cc(N2CCN(C)CC2)ccc1Nc1ncc2ccc(=O)n(-c3cccc(NC(=O)O)c3)c2n1. The summed E-state index contributed by atoms with van der Waals surface area (Å²) in [5, 5.41) is 15.2. The third-order valence-electron chi connectivity index (χ3n) is 6.29. The van der Waals surface area contributed by atoms with Gasteiger partial charge in [-0.25, -0.2) is 9.78 Å². The van der Waals surface area contributed by atoms with Gasteiger partial charge in [0.2, 0.25) is 5.95 Å². The molecule has 0 unspecified atom stereocenters. The Morgan fingerprint density at radius 3 is 2.59 bits per heavy atom. The van der Waals surface area contributed by atoms with Crippen LogP contribution in [-0.2, 0) is 0 Å². The quantitative estimate of drug-likeness (QED) is 0.365. The second-order valence-electron chi connectivity index (χ2n) is 8.76. The molecule has 190 valence electrons. The fourth-order valence-electron chi connectivity index (χ4n) is 4.34. The molecule has 1 saturated heterocycles. The maximum Gasteiger partial charge on any atom is 0.409 e. The molecule has 11 nitrogen and oxygen atoms in total. The minimum absolute atomic E-state index is 0.289. The number of nitrogens with zero attached hydrogens (tertiary/aromatic N) is 5. The molecule has 37 heavy (non-hydrogen) atoms. The van der Waals surface area contributed by atoms with Crippen LogP contribution in [0.2, 0.25) is 0 Å². The number of nitrogens with one attached hydrogen (secondary N) is 2. The second-order valence-corrected chi connectivity index (χ2v) is 8.76. The predicted molar refractivity (Wildman–Crippen MR) is 143 cm³/mol. The monoisotopic (exact) mass is 501 g/mol. The molecule has 0 radical (unpaired) electrons. The fourth-order valence-corrected chi connectivity index (χ4v) is 4.34. The maximum absolute atomic E-state index is 12.9. The number of carbonyl (C=O) groups is 1. The lowest BCUT2D eigenvalue weighted by molar-refractivity contribution is 0.210. The highest BCUT2D eigenvalue weighted by Gasteiger charge is 2.17. The van der Waals surface area contributed by atoms with Crippen molar-refractivity contribution in [2.45, 2.75) is 0 Å². The van der Waals surface area contributed by atoms with Gasteiger partial charge in [0.05, 0.1) is 18.5 Å². The van der Waals surface area contributed by atoms with Crippen molar-refractivity contribution in [3.05, 3.63) is 71.1 Å². The van der Waals surface area contributed by atoms with Crippen LogP contribution in [0.5, 0.6) is 5.75 Å². The van der Waals surface area contributed by atoms with E-state index >= 15 is 0 Å². The van der Waals surface area contributed by atoms with Crippen molar-refractivity contribution in [1.29, 1.82) is 0 Å². The van der Waals surface area contributed by atoms with Gasteiger partial charge in [-0.1, -0.05) is 6.07 Å². The summed E-state index contributed by atoms with van der Waals surface area (Å²) in [6.07, 6.45) is 0.439. The van der Waals surface area contributed by atoms with Crippen LogP contribution in [0.1, 0.15) is 0 Å². The highest BCUT2D eigenvalue weighted by atomic mass is 16.5. The number of aromatic nitrogens is 3. The third kappa shape index (κ3) is 5.16. The number of anilines is 4. The number of amides is 1. The van der Waals surface area contributed by atoms with E-state index in [1.165, 1.54) is 10.6 Å². The van der Waals surface area contributed by atoms with Gasteiger partial charge >= 0.3 is 6.09 Å². The van der Waals surface area contributed by atoms with Gasteiger partial charge in [-0.2, -0.15) is 4.98 Å². The number of benzene rings is 2. The lowest BCUT2D eigenvalue weighted by atomic mass is 10.2. The number of pyridine rings is 1. The molecule has 3 heterocycles. The molecule has 1 aliphatic heterocycles. The Hall–Kier alpha value is -4.64. The van der Waals surface area contributed by atoms with Crippen molar-refractivity contribution in [2.75, 3.05) is 55.9 Å². The van der Waals surface area contributed by atoms with Crippen LogP contribution in [-0.4, -0.2) is 71.0 Å². The zero-order valence-electron chi connectivity index (χ0n) is 20.5. The van der Waals surface area contributed by atoms with E-state index in [4.69, 9.17) is 9.84 Å². The lowest BCUT2D eigenvalue weighted by Gasteiger charge is -2.34. The minimum atomic E-state index is -1.19. The summed E-state index contributed by atoms with van der Waals surface area (Å²) in [7, 11) is 3.74. The first-order valence-electron chi connectivity index (χ1n) is 11.8. The molecule has 1 fully saturated rings. The predicted octanol–water partition coefficient (Wildman–Crippen LogP) is 3.37. The van der Waals surface area contributed by atoms with Crippen LogP contribution in [0, 0.1) is 0 Å². The van der Waals surface area contributed by atoms with E-state index in [9.17, 15) is 9.59 Å². The largest absolute Gasteiger partial charge is 0.494 e. The van der Waals surface area contributed by atoms with Crippen molar-refractivity contribution >= 4 is 40.1 Å². The van der Waals surface area contributed by atoms with Gasteiger partial charge in [-0.05, 0) is 43.4 Å². The van der Waals surface area contributed by atoms with Gasteiger partial charge in [0.15, 0.2) is 5.65 Å². The first kappa shape index (κ1) is 24.1. The van der Waals surface area contributed by atoms with Gasteiger partial charge < -0.3 is 25.0 Å². The van der Waals surface area contributed by atoms with Gasteiger partial charge in [0, 0.05) is 61.3 Å². The van der Waals surface area contributed by atoms with E-state index in [0.717, 1.165) is 31.9 Å². The number of hydrogen-bond acceptors (Lipinski definition) is 8. The van der Waals surface area contributed by atoms with E-state index in [2.05, 4.69) is 37.4 Å². The van der Waals surface area contributed by atoms with Crippen LogP contribution in [0.3, 0.4) is 0 Å². The smallest absolute Gasteiger partial charge is 0.409 e. The van der Waals surface area contributed by atoms with Crippen LogP contribution >= 0.6 is 0 Å². The number of hydrogen-bond donors (Lipinski definition) is 3. The average molecular weight is 502 g/mol. The summed E-state index contributed by atoms with van der Waals surface area (Å²) >= 11 is 0. The molecule has 0 aliphatic carbocycles. The van der Waals surface area contributed by atoms with Crippen molar-refractivity contribution in [3.8, 4) is 11.4 Å². The molecule has 4 aromatic rings. The van der Waals surface area contributed by atoms with Gasteiger partial charge in [-0.15, -0.1) is 0 Å². The van der Waals surface area contributed by atoms with Crippen LogP contribution in [0.25, 0.3) is 16.7 Å². The van der Waals surface area contributed by atoms with Crippen molar-refractivity contribution in [2.24, 2.45) is 0 Å². The zero-order chi connectivity index (χ0) is 25.9. The van der Waals surface area contributed by atoms with Crippen LogP contribution < -0.4 is 25.8 Å². The average Bonchev–Trinajstić information content (AvgIpc) is 2.89. The van der Waals surface area contributed by atoms with Crippen molar-refractivity contribution < 1.29 is 14.6 Å². The van der Waals surface area contributed by atoms with Crippen LogP contribution in [0.4, 0.5) is 27.8 Å². The molecule has 3 N–H and O–H groups in total. The molecular weight excluding hydrogens is 474 g/mol. The summed E-state index contributed by atoms with van der Waals surface area (Å²) in [6, 6.07) is 15.6. The maximum atomic E-state index is 12.9. The normalized spacial score (nSPS) is 13.9. The summed E-state index contributed by atoms with van der Waals surface area (Å²) in [5.41, 5.74) is 2.66. The molecule has 2 aromatic heterocycles. The van der Waals surface area contributed by atoms with Gasteiger partial charge in [0.1, 0.15) is 5.75 Å². The van der Waals surface area contributed by atoms with E-state index < -0.39 is 6.09 Å². The molecule has 0 spiro atoms. The molecule has 0 saturated carbocycles. The number of likely N-dealkylation sites (N-methyl/N-ethyl adjacent to an activating group) is 1. The molecule has 2 aromatic carbocycles. The van der Waals surface area contributed by atoms with E-state index in [1.54, 1.807) is 43.6 Å². The lowest BCUT2D eigenvalue weighted by Crippen LogP contribution is -2.44. The van der Waals surface area contributed by atoms with Crippen molar-refractivity contribution in [1.82, 2.24) is 19.4 Å². The number of rotatable bonds is 6. The molecule has 0 bridgehead atoms. The first-order chi connectivity index (χ1) is 17.9. The Balaban J connectivity index is 1.49. The molecule has 5 rings (SSSR count). The molecule has 1 aliphatic rings. The Bertz CT molecular complexity index is 1510. The van der Waals surface area contributed by atoms with Crippen molar-refractivity contribution in [3.63, 3.8) is 0 Å². The highest BCUT2D eigenvalue weighted by Crippen LogP contribution is 2.32. The fraction of sp³-hybridized carbons (Fsp3) is 0.231. The Morgan fingerprint density at radius 2 is 1.84 bits per heavy atom. The van der Waals surface area contributed by atoms with Gasteiger partial charge in [-0.3, -0.25) is 14.7 Å². The van der Waals surface area contributed by atoms with E-state index in [0.29, 0.717) is 33.8 Å². The topological polar surface area (TPSA) is 125 Å². The molecule has 1 amide bonds. The number of carboxylic acid groups (broad SMARTS) is 1. The summed E-state index contributed by atoms with van der Waals surface area (Å²) in [6.45, 7) is 3.90. The summed E-state index contributed by atoms with van der Waals surface area (Å²) < 4.78 is 7.07. The van der Waals surface area contributed by atoms with E-state index in [1.807, 2.05) is 18.2 Å². The third-order valence-corrected chi connectivity index (χ3v) is 6.29. The van der Waals surface area contributed by atoms with E-state index in [-0.39, 0.29) is 11.5 Å². The molecule has 0 atom stereocenters. The minimum Gasteiger partial charge on any atom is -0.494 e. The summed E-state index contributed by atoms with van der Waals surface area (Å²) in [4.78, 5) is 37.6. The summed E-state index contributed by atoms with van der Waals surface area (Å²) in [5.74, 6) is 0.940. The first-order valence-corrected chi connectivity index (χ1v) is 11.8. The van der Waals surface area contributed by atoms with Gasteiger partial charge in [0.25, 0.3) is 5.56 Å².